The van der Waals surface area contributed by atoms with Gasteiger partial charge < -0.3 is 11.4 Å². The van der Waals surface area contributed by atoms with E-state index < -0.39 is 19.2 Å². The Morgan fingerprint density at radius 1 is 0.705 bits per heavy atom. The standard InChI is InChI=1S/C13H14O3S.C12H12O.C6H15N.CH3ClO2S.CH4.K.H/c1-17(14,15)16-10-9-12-7-4-6-11-5-2-3-8-13(11)12;13-9-8-11-6-3-5-10-4-1-2-7-12(10)11;1-4-7(5-2)6-3;1-5(2,3)4;;;/h2-8H,9-10H2,1H3;1-7,13H,8-9H2;4-6H2,1-3H3;1H3;1H4;;/q;;;;;+1;-1. The van der Waals surface area contributed by atoms with Gasteiger partial charge in [0.1, 0.15) is 0 Å². The molecule has 0 saturated carbocycles. The molecule has 0 amide bonds. The van der Waals surface area contributed by atoms with Gasteiger partial charge in [0.2, 0.25) is 9.05 Å². The maximum absolute atomic E-state index is 10.9. The number of hydrogen-bond donors (Lipinski definition) is 1. The summed E-state index contributed by atoms with van der Waals surface area (Å²) in [4.78, 5) is 2.38. The molecule has 4 aromatic carbocycles. The minimum absolute atomic E-state index is 0. The first kappa shape index (κ1) is 45.2. The molecule has 1 N–H and O–H groups in total. The fraction of sp³-hybridized carbons (Fsp3) is 0.394. The quantitative estimate of drug-likeness (QED) is 0.161. The van der Waals surface area contributed by atoms with Crippen LogP contribution in [-0.4, -0.2) is 72.2 Å². The SMILES string of the molecule is C.CCN(CC)CC.CS(=O)(=O)Cl.CS(=O)(=O)OCCc1cccc2ccccc12.OCCc1cccc2ccccc12.[H-].[K+]. The molecule has 11 heteroatoms. The number of hydrogen-bond acceptors (Lipinski definition) is 7. The topological polar surface area (TPSA) is 101 Å². The van der Waals surface area contributed by atoms with E-state index >= 15 is 0 Å². The van der Waals surface area contributed by atoms with Gasteiger partial charge in [-0.05, 0) is 65.1 Å². The van der Waals surface area contributed by atoms with Crippen LogP contribution in [0.2, 0.25) is 0 Å². The van der Waals surface area contributed by atoms with E-state index in [0.29, 0.717) is 6.42 Å². The molecule has 0 aliphatic heterocycles. The number of nitrogens with zero attached hydrogens (tertiary/aromatic N) is 1. The van der Waals surface area contributed by atoms with Gasteiger partial charge in [0.15, 0.2) is 0 Å². The van der Waals surface area contributed by atoms with Crippen LogP contribution in [0, 0.1) is 0 Å². The van der Waals surface area contributed by atoms with Gasteiger partial charge in [0, 0.05) is 17.3 Å². The number of fused-ring (bicyclic) bond motifs is 2. The maximum Gasteiger partial charge on any atom is 1.00 e. The first-order chi connectivity index (χ1) is 19.8. The Morgan fingerprint density at radius 3 is 1.41 bits per heavy atom. The average Bonchev–Trinajstić information content (AvgIpc) is 2.94. The van der Waals surface area contributed by atoms with E-state index in [1.165, 1.54) is 36.0 Å². The van der Waals surface area contributed by atoms with Crippen molar-refractivity contribution in [2.75, 3.05) is 45.4 Å². The number of halogens is 1. The molecule has 0 radical (unpaired) electrons. The fourth-order valence-electron chi connectivity index (χ4n) is 4.12. The summed E-state index contributed by atoms with van der Waals surface area (Å²) in [5.41, 5.74) is 2.33. The van der Waals surface area contributed by atoms with Crippen molar-refractivity contribution in [2.24, 2.45) is 0 Å². The second-order valence-electron chi connectivity index (χ2n) is 9.33. The summed E-state index contributed by atoms with van der Waals surface area (Å²) >= 11 is 0. The molecule has 0 aliphatic carbocycles. The van der Waals surface area contributed by atoms with E-state index in [1.807, 2.05) is 60.7 Å². The second-order valence-corrected chi connectivity index (χ2v) is 14.0. The van der Waals surface area contributed by atoms with E-state index in [-0.39, 0.29) is 73.5 Å². The summed E-state index contributed by atoms with van der Waals surface area (Å²) < 4.78 is 45.3. The molecule has 0 heterocycles. The van der Waals surface area contributed by atoms with Crippen molar-refractivity contribution in [1.82, 2.24) is 4.90 Å². The summed E-state index contributed by atoms with van der Waals surface area (Å²) in [5.74, 6) is 0. The van der Waals surface area contributed by atoms with E-state index in [0.717, 1.165) is 35.3 Å². The molecule has 0 saturated heterocycles. The molecule has 0 bridgehead atoms. The largest absolute Gasteiger partial charge is 1.00 e. The van der Waals surface area contributed by atoms with Gasteiger partial charge in [0.05, 0.1) is 19.1 Å². The molecule has 4 aromatic rings. The van der Waals surface area contributed by atoms with Crippen molar-refractivity contribution in [3.8, 4) is 0 Å². The summed E-state index contributed by atoms with van der Waals surface area (Å²) in [5, 5.41) is 13.7. The minimum Gasteiger partial charge on any atom is -1.00 e. The minimum atomic E-state index is -3.35. The summed E-state index contributed by atoms with van der Waals surface area (Å²) in [6, 6.07) is 28.5. The molecule has 7 nitrogen and oxygen atoms in total. The van der Waals surface area contributed by atoms with Gasteiger partial charge in [-0.2, -0.15) is 8.42 Å². The summed E-state index contributed by atoms with van der Waals surface area (Å²) in [6.45, 7) is 10.5. The number of aliphatic hydroxyl groups is 1. The van der Waals surface area contributed by atoms with Crippen LogP contribution in [0.25, 0.3) is 21.5 Å². The van der Waals surface area contributed by atoms with Crippen molar-refractivity contribution >= 4 is 51.4 Å². The normalized spacial score (nSPS) is 10.6. The Morgan fingerprint density at radius 2 is 1.07 bits per heavy atom. The van der Waals surface area contributed by atoms with Crippen LogP contribution in [-0.2, 0) is 36.2 Å². The van der Waals surface area contributed by atoms with Crippen LogP contribution in [0.4, 0.5) is 0 Å². The third kappa shape index (κ3) is 20.3. The summed E-state index contributed by atoms with van der Waals surface area (Å²) in [6.07, 6.45) is 3.32. The zero-order valence-electron chi connectivity index (χ0n) is 27.2. The summed E-state index contributed by atoms with van der Waals surface area (Å²) in [7, 11) is -2.04. The smallest absolute Gasteiger partial charge is 1.00 e. The first-order valence-electron chi connectivity index (χ1n) is 13.8. The Kier molecular flexibility index (Phi) is 25.0. The Hall–Kier alpha value is -0.894. The third-order valence-electron chi connectivity index (χ3n) is 6.15. The van der Waals surface area contributed by atoms with Crippen molar-refractivity contribution in [1.29, 1.82) is 0 Å². The van der Waals surface area contributed by atoms with Crippen LogP contribution < -0.4 is 51.4 Å². The van der Waals surface area contributed by atoms with Crippen molar-refractivity contribution in [3.05, 3.63) is 96.1 Å². The van der Waals surface area contributed by atoms with Crippen LogP contribution in [0.3, 0.4) is 0 Å². The van der Waals surface area contributed by atoms with Gasteiger partial charge >= 0.3 is 51.4 Å². The van der Waals surface area contributed by atoms with E-state index in [4.69, 9.17) is 9.29 Å². The average molecular weight is 694 g/mol. The molecule has 0 aromatic heterocycles. The van der Waals surface area contributed by atoms with E-state index in [9.17, 15) is 16.8 Å². The molecular weight excluding hydrogens is 645 g/mol. The van der Waals surface area contributed by atoms with Crippen molar-refractivity contribution in [3.63, 3.8) is 0 Å². The van der Waals surface area contributed by atoms with Gasteiger partial charge in [-0.25, -0.2) is 8.42 Å². The molecule has 0 aliphatic rings. The maximum atomic E-state index is 10.9. The predicted molar refractivity (Wildman–Crippen MR) is 185 cm³/mol. The molecule has 0 atom stereocenters. The van der Waals surface area contributed by atoms with E-state index in [2.05, 4.69) is 60.6 Å². The van der Waals surface area contributed by atoms with Crippen molar-refractivity contribution in [2.45, 2.75) is 41.0 Å². The molecule has 0 fully saturated rings. The van der Waals surface area contributed by atoms with Crippen LogP contribution >= 0.6 is 10.7 Å². The zero-order valence-corrected chi connectivity index (χ0v) is 31.7. The molecule has 44 heavy (non-hydrogen) atoms. The molecule has 0 spiro atoms. The van der Waals surface area contributed by atoms with Gasteiger partial charge in [-0.15, -0.1) is 0 Å². The van der Waals surface area contributed by atoms with Crippen LogP contribution in [0.15, 0.2) is 84.9 Å². The first-order valence-corrected chi connectivity index (χ1v) is 18.4. The van der Waals surface area contributed by atoms with Gasteiger partial charge in [-0.3, -0.25) is 4.18 Å². The van der Waals surface area contributed by atoms with E-state index in [1.54, 1.807) is 0 Å². The number of rotatable bonds is 9. The third-order valence-corrected chi connectivity index (χ3v) is 6.75. The Labute approximate surface area is 314 Å². The Bertz CT molecular complexity index is 1550. The zero-order chi connectivity index (χ0) is 31.6. The molecule has 0 unspecified atom stereocenters. The Balaban J connectivity index is -0.000000562. The number of benzene rings is 4. The number of aliphatic hydroxyl groups excluding tert-OH is 1. The van der Waals surface area contributed by atoms with Crippen molar-refractivity contribution < 1.29 is 78.9 Å². The molecule has 242 valence electrons. The van der Waals surface area contributed by atoms with Gasteiger partial charge in [0.25, 0.3) is 10.1 Å². The van der Waals surface area contributed by atoms with Gasteiger partial charge in [-0.1, -0.05) is 113 Å². The monoisotopic (exact) mass is 693 g/mol. The second kappa shape index (κ2) is 24.3. The predicted octanol–water partition coefficient (Wildman–Crippen LogP) is 4.02. The molecule has 4 rings (SSSR count). The van der Waals surface area contributed by atoms with Crippen LogP contribution in [0.1, 0.15) is 40.8 Å². The molecular formula is C33H49ClKNO6S2. The fourth-order valence-corrected chi connectivity index (χ4v) is 4.50. The van der Waals surface area contributed by atoms with Crippen LogP contribution in [0.5, 0.6) is 0 Å².